The maximum absolute atomic E-state index is 13.2. The molecular formula is C25H24Cl2N6O2S. The van der Waals surface area contributed by atoms with Gasteiger partial charge in [-0.2, -0.15) is 0 Å². The zero-order valence-corrected chi connectivity index (χ0v) is 21.9. The van der Waals surface area contributed by atoms with E-state index in [9.17, 15) is 9.59 Å². The minimum Gasteiger partial charge on any atom is -0.355 e. The Kier molecular flexibility index (Phi) is 7.34. The van der Waals surface area contributed by atoms with Crippen LogP contribution in [0.1, 0.15) is 28.4 Å². The maximum Gasteiger partial charge on any atom is 0.263 e. The average molecular weight is 543 g/mol. The van der Waals surface area contributed by atoms with Crippen LogP contribution in [-0.4, -0.2) is 52.2 Å². The van der Waals surface area contributed by atoms with Crippen LogP contribution in [0, 0.1) is 0 Å². The number of carbonyl (C=O) groups excluding carboxylic acids is 2. The zero-order valence-electron chi connectivity index (χ0n) is 19.6. The summed E-state index contributed by atoms with van der Waals surface area (Å²) in [7, 11) is 0. The first-order valence-electron chi connectivity index (χ1n) is 11.5. The summed E-state index contributed by atoms with van der Waals surface area (Å²) in [6.07, 6.45) is 2.51. The number of aromatic nitrogens is 2. The van der Waals surface area contributed by atoms with Gasteiger partial charge in [0.15, 0.2) is 0 Å². The molecular weight excluding hydrogens is 519 g/mol. The predicted molar refractivity (Wildman–Crippen MR) is 143 cm³/mol. The molecule has 3 heterocycles. The molecule has 11 heteroatoms. The standard InChI is InChI=1S/C25H24Cl2N6O2S/c1-15(34)28-8-10-32-9-7-16-5-6-18(11-17(16)13-32)30-25-29-12-19-23(31-25)36-14-33(24(19)35)22-20(26)3-2-4-21(22)27/h2-6,11-12H,7-10,13-14H2,1H3,(H,28,34)(H,29,30,31). The summed E-state index contributed by atoms with van der Waals surface area (Å²) in [6, 6.07) is 11.4. The van der Waals surface area contributed by atoms with Gasteiger partial charge in [0.1, 0.15) is 5.03 Å². The van der Waals surface area contributed by atoms with E-state index >= 15 is 0 Å². The van der Waals surface area contributed by atoms with Gasteiger partial charge in [0, 0.05) is 45.0 Å². The molecule has 2 aliphatic heterocycles. The molecule has 0 atom stereocenters. The van der Waals surface area contributed by atoms with Crippen LogP contribution in [-0.2, 0) is 17.8 Å². The topological polar surface area (TPSA) is 90.5 Å². The summed E-state index contributed by atoms with van der Waals surface area (Å²) >= 11 is 14.1. The van der Waals surface area contributed by atoms with Crippen molar-refractivity contribution in [3.63, 3.8) is 0 Å². The van der Waals surface area contributed by atoms with E-state index in [0.717, 1.165) is 31.7 Å². The lowest BCUT2D eigenvalue weighted by molar-refractivity contribution is -0.119. The van der Waals surface area contributed by atoms with Crippen LogP contribution in [0.2, 0.25) is 10.0 Å². The Bertz CT molecular complexity index is 1320. The van der Waals surface area contributed by atoms with E-state index in [4.69, 9.17) is 23.2 Å². The zero-order chi connectivity index (χ0) is 25.2. The van der Waals surface area contributed by atoms with Crippen LogP contribution in [0.3, 0.4) is 0 Å². The second kappa shape index (κ2) is 10.6. The molecule has 5 rings (SSSR count). The van der Waals surface area contributed by atoms with Crippen molar-refractivity contribution in [3.8, 4) is 0 Å². The number of carbonyl (C=O) groups is 2. The van der Waals surface area contributed by atoms with E-state index in [-0.39, 0.29) is 11.8 Å². The first-order chi connectivity index (χ1) is 17.4. The molecule has 0 unspecified atom stereocenters. The van der Waals surface area contributed by atoms with Crippen molar-refractivity contribution in [2.75, 3.05) is 35.7 Å². The highest BCUT2D eigenvalue weighted by Gasteiger charge is 2.30. The average Bonchev–Trinajstić information content (AvgIpc) is 2.85. The van der Waals surface area contributed by atoms with Crippen molar-refractivity contribution in [2.24, 2.45) is 0 Å². The highest BCUT2D eigenvalue weighted by Crippen LogP contribution is 2.39. The highest BCUT2D eigenvalue weighted by atomic mass is 35.5. The minimum absolute atomic E-state index is 0.0100. The van der Waals surface area contributed by atoms with E-state index in [1.165, 1.54) is 29.8 Å². The summed E-state index contributed by atoms with van der Waals surface area (Å²) in [5.41, 5.74) is 4.35. The van der Waals surface area contributed by atoms with Crippen LogP contribution in [0.25, 0.3) is 0 Å². The Morgan fingerprint density at radius 3 is 2.75 bits per heavy atom. The molecule has 0 radical (unpaired) electrons. The van der Waals surface area contributed by atoms with Gasteiger partial charge < -0.3 is 10.6 Å². The van der Waals surface area contributed by atoms with Gasteiger partial charge in [0.2, 0.25) is 11.9 Å². The van der Waals surface area contributed by atoms with E-state index in [2.05, 4.69) is 37.6 Å². The number of rotatable bonds is 6. The summed E-state index contributed by atoms with van der Waals surface area (Å²) in [5, 5.41) is 7.57. The van der Waals surface area contributed by atoms with Gasteiger partial charge in [-0.25, -0.2) is 9.97 Å². The molecule has 0 fully saturated rings. The second-order valence-electron chi connectivity index (χ2n) is 8.61. The quantitative estimate of drug-likeness (QED) is 0.435. The molecule has 0 spiro atoms. The van der Waals surface area contributed by atoms with Gasteiger partial charge in [0.05, 0.1) is 27.2 Å². The first-order valence-corrected chi connectivity index (χ1v) is 13.2. The lowest BCUT2D eigenvalue weighted by atomic mass is 9.99. The predicted octanol–water partition coefficient (Wildman–Crippen LogP) is 4.73. The molecule has 1 aromatic heterocycles. The van der Waals surface area contributed by atoms with Crippen molar-refractivity contribution >= 4 is 64.1 Å². The molecule has 0 bridgehead atoms. The van der Waals surface area contributed by atoms with Crippen LogP contribution in [0.5, 0.6) is 0 Å². The number of para-hydroxylation sites is 1. The lowest BCUT2D eigenvalue weighted by Gasteiger charge is -2.29. The number of amides is 2. The number of hydrogen-bond donors (Lipinski definition) is 2. The van der Waals surface area contributed by atoms with Gasteiger partial charge in [-0.1, -0.05) is 47.1 Å². The lowest BCUT2D eigenvalue weighted by Crippen LogP contribution is -2.37. The largest absolute Gasteiger partial charge is 0.355 e. The Hall–Kier alpha value is -2.85. The molecule has 2 N–H and O–H groups in total. The molecule has 2 aliphatic rings. The number of thioether (sulfide) groups is 1. The molecule has 186 valence electrons. The van der Waals surface area contributed by atoms with Crippen LogP contribution in [0.15, 0.2) is 47.6 Å². The fourth-order valence-corrected chi connectivity index (χ4v) is 5.87. The third kappa shape index (κ3) is 5.29. The number of fused-ring (bicyclic) bond motifs is 2. The molecule has 8 nitrogen and oxygen atoms in total. The number of hydrogen-bond acceptors (Lipinski definition) is 7. The Morgan fingerprint density at radius 1 is 1.17 bits per heavy atom. The molecule has 0 aliphatic carbocycles. The molecule has 3 aromatic rings. The van der Waals surface area contributed by atoms with Gasteiger partial charge in [-0.15, -0.1) is 0 Å². The van der Waals surface area contributed by atoms with E-state index < -0.39 is 0 Å². The molecule has 0 saturated carbocycles. The summed E-state index contributed by atoms with van der Waals surface area (Å²) in [6.45, 7) is 4.77. The van der Waals surface area contributed by atoms with Crippen LogP contribution < -0.4 is 15.5 Å². The van der Waals surface area contributed by atoms with Gasteiger partial charge in [-0.3, -0.25) is 19.4 Å². The van der Waals surface area contributed by atoms with E-state index in [0.29, 0.717) is 44.7 Å². The Balaban J connectivity index is 1.29. The van der Waals surface area contributed by atoms with Crippen LogP contribution in [0.4, 0.5) is 17.3 Å². The van der Waals surface area contributed by atoms with Gasteiger partial charge >= 0.3 is 0 Å². The maximum atomic E-state index is 13.2. The van der Waals surface area contributed by atoms with Gasteiger partial charge in [0.25, 0.3) is 5.91 Å². The number of nitrogens with zero attached hydrogens (tertiary/aromatic N) is 4. The number of halogens is 2. The van der Waals surface area contributed by atoms with Crippen LogP contribution >= 0.6 is 35.0 Å². The summed E-state index contributed by atoms with van der Waals surface area (Å²) in [5.74, 6) is 0.526. The van der Waals surface area contributed by atoms with Crippen molar-refractivity contribution in [2.45, 2.75) is 24.9 Å². The van der Waals surface area contributed by atoms with E-state index in [1.54, 1.807) is 29.3 Å². The smallest absolute Gasteiger partial charge is 0.263 e. The van der Waals surface area contributed by atoms with Crippen molar-refractivity contribution in [1.29, 1.82) is 0 Å². The van der Waals surface area contributed by atoms with Crippen molar-refractivity contribution < 1.29 is 9.59 Å². The third-order valence-corrected chi connectivity index (χ3v) is 7.70. The SMILES string of the molecule is CC(=O)NCCN1CCc2ccc(Nc3ncc4c(n3)SCN(c3c(Cl)cccc3Cl)C4=O)cc2C1. The molecule has 2 amide bonds. The summed E-state index contributed by atoms with van der Waals surface area (Å²) in [4.78, 5) is 37.2. The fourth-order valence-electron chi connectivity index (χ4n) is 4.33. The van der Waals surface area contributed by atoms with Crippen molar-refractivity contribution in [1.82, 2.24) is 20.2 Å². The highest BCUT2D eigenvalue weighted by molar-refractivity contribution is 7.99. The second-order valence-corrected chi connectivity index (χ2v) is 10.4. The minimum atomic E-state index is -0.238. The molecule has 0 saturated heterocycles. The fraction of sp³-hybridized carbons (Fsp3) is 0.280. The number of anilines is 3. The third-order valence-electron chi connectivity index (χ3n) is 6.12. The number of nitrogens with one attached hydrogen (secondary N) is 2. The summed E-state index contributed by atoms with van der Waals surface area (Å²) < 4.78 is 0. The number of benzene rings is 2. The molecule has 36 heavy (non-hydrogen) atoms. The van der Waals surface area contributed by atoms with Gasteiger partial charge in [-0.05, 0) is 41.8 Å². The Morgan fingerprint density at radius 2 is 1.97 bits per heavy atom. The monoisotopic (exact) mass is 542 g/mol. The van der Waals surface area contributed by atoms with E-state index in [1.807, 2.05) is 6.07 Å². The Labute approximate surface area is 223 Å². The normalized spacial score (nSPS) is 15.3. The first kappa shape index (κ1) is 24.8. The molecule has 2 aromatic carbocycles. The van der Waals surface area contributed by atoms with Crippen molar-refractivity contribution in [3.05, 3.63) is 69.3 Å².